The normalized spacial score (nSPS) is 11.2. The van der Waals surface area contributed by atoms with Gasteiger partial charge in [-0.05, 0) is 111 Å². The van der Waals surface area contributed by atoms with Crippen LogP contribution in [0.25, 0.3) is 11.0 Å². The number of carbonyl (C=O) groups excluding carboxylic acids is 1. The van der Waals surface area contributed by atoms with E-state index in [9.17, 15) is 4.79 Å². The SMILES string of the molecule is O=C(N/N=C/c1ccc(OCc2ccc(I)cc2)c(I)c1)c1cc2cc(Br)ccc2o1. The van der Waals surface area contributed by atoms with Crippen molar-refractivity contribution in [3.8, 4) is 5.75 Å². The molecule has 0 unspecified atom stereocenters. The molecule has 1 N–H and O–H groups in total. The first kappa shape index (κ1) is 22.3. The van der Waals surface area contributed by atoms with Gasteiger partial charge in [-0.2, -0.15) is 5.10 Å². The summed E-state index contributed by atoms with van der Waals surface area (Å²) in [5.41, 5.74) is 5.11. The van der Waals surface area contributed by atoms with Crippen molar-refractivity contribution in [3.05, 3.63) is 95.2 Å². The Kier molecular flexibility index (Phi) is 7.28. The number of ether oxygens (including phenoxy) is 1. The molecule has 156 valence electrons. The van der Waals surface area contributed by atoms with Crippen molar-refractivity contribution in [2.75, 3.05) is 0 Å². The lowest BCUT2D eigenvalue weighted by molar-refractivity contribution is 0.0929. The van der Waals surface area contributed by atoms with Gasteiger partial charge in [0.1, 0.15) is 17.9 Å². The van der Waals surface area contributed by atoms with Crippen molar-refractivity contribution >= 4 is 84.2 Å². The number of furan rings is 1. The monoisotopic (exact) mass is 700 g/mol. The molecule has 0 saturated heterocycles. The third-order valence-corrected chi connectivity index (χ3v) is 6.40. The molecule has 0 aliphatic carbocycles. The first-order chi connectivity index (χ1) is 15.0. The minimum atomic E-state index is -0.407. The summed E-state index contributed by atoms with van der Waals surface area (Å²) in [5, 5.41) is 4.89. The van der Waals surface area contributed by atoms with Gasteiger partial charge in [-0.3, -0.25) is 4.79 Å². The van der Waals surface area contributed by atoms with Gasteiger partial charge in [-0.15, -0.1) is 0 Å². The molecule has 3 aromatic carbocycles. The van der Waals surface area contributed by atoms with Gasteiger partial charge in [0.05, 0.1) is 9.78 Å². The largest absolute Gasteiger partial charge is 0.488 e. The lowest BCUT2D eigenvalue weighted by Gasteiger charge is -2.09. The molecule has 0 fully saturated rings. The predicted molar refractivity (Wildman–Crippen MR) is 142 cm³/mol. The molecule has 0 aliphatic rings. The molecular weight excluding hydrogens is 686 g/mol. The van der Waals surface area contributed by atoms with Crippen molar-refractivity contribution in [2.24, 2.45) is 5.10 Å². The van der Waals surface area contributed by atoms with Crippen molar-refractivity contribution in [3.63, 3.8) is 0 Å². The molecule has 0 atom stereocenters. The molecule has 0 spiro atoms. The fraction of sp³-hybridized carbons (Fsp3) is 0.0435. The average Bonchev–Trinajstić information content (AvgIpc) is 3.17. The van der Waals surface area contributed by atoms with E-state index in [0.29, 0.717) is 12.2 Å². The van der Waals surface area contributed by atoms with Gasteiger partial charge in [-0.1, -0.05) is 28.1 Å². The maximum absolute atomic E-state index is 12.3. The number of rotatable bonds is 6. The number of fused-ring (bicyclic) bond motifs is 1. The van der Waals surface area contributed by atoms with Crippen LogP contribution in [0.3, 0.4) is 0 Å². The fourth-order valence-electron chi connectivity index (χ4n) is 2.80. The van der Waals surface area contributed by atoms with Crippen LogP contribution in [-0.2, 0) is 6.61 Å². The van der Waals surface area contributed by atoms with Gasteiger partial charge in [0, 0.05) is 13.4 Å². The van der Waals surface area contributed by atoms with E-state index in [1.807, 2.05) is 36.4 Å². The average molecular weight is 701 g/mol. The number of hydrazone groups is 1. The van der Waals surface area contributed by atoms with E-state index in [1.165, 1.54) is 3.57 Å². The number of hydrogen-bond acceptors (Lipinski definition) is 4. The molecule has 8 heteroatoms. The molecule has 1 heterocycles. The first-order valence-corrected chi connectivity index (χ1v) is 12.1. The Labute approximate surface area is 214 Å². The van der Waals surface area contributed by atoms with E-state index in [1.54, 1.807) is 12.3 Å². The van der Waals surface area contributed by atoms with Gasteiger partial charge in [-0.25, -0.2) is 5.43 Å². The smallest absolute Gasteiger partial charge is 0.307 e. The van der Waals surface area contributed by atoms with Crippen LogP contribution in [0.1, 0.15) is 21.7 Å². The number of hydrogen-bond donors (Lipinski definition) is 1. The second-order valence-corrected chi connectivity index (χ2v) is 9.92. The Balaban J connectivity index is 1.36. The van der Waals surface area contributed by atoms with Crippen LogP contribution in [0, 0.1) is 7.14 Å². The molecule has 1 amide bonds. The quantitative estimate of drug-likeness (QED) is 0.138. The molecule has 0 bridgehead atoms. The van der Waals surface area contributed by atoms with Crippen LogP contribution in [0.4, 0.5) is 0 Å². The Morgan fingerprint density at radius 3 is 2.65 bits per heavy atom. The van der Waals surface area contributed by atoms with E-state index >= 15 is 0 Å². The van der Waals surface area contributed by atoms with Crippen LogP contribution in [0.15, 0.2) is 80.7 Å². The maximum atomic E-state index is 12.3. The lowest BCUT2D eigenvalue weighted by atomic mass is 10.2. The third kappa shape index (κ3) is 5.86. The Bertz CT molecular complexity index is 1270. The van der Waals surface area contributed by atoms with Gasteiger partial charge < -0.3 is 9.15 Å². The molecule has 5 nitrogen and oxygen atoms in total. The Morgan fingerprint density at radius 2 is 1.87 bits per heavy atom. The summed E-state index contributed by atoms with van der Waals surface area (Å²) in [7, 11) is 0. The van der Waals surface area contributed by atoms with Crippen molar-refractivity contribution in [1.29, 1.82) is 0 Å². The highest BCUT2D eigenvalue weighted by atomic mass is 127. The van der Waals surface area contributed by atoms with E-state index in [4.69, 9.17) is 9.15 Å². The van der Waals surface area contributed by atoms with Crippen molar-refractivity contribution in [2.45, 2.75) is 6.61 Å². The number of nitrogens with one attached hydrogen (secondary N) is 1. The van der Waals surface area contributed by atoms with Crippen LogP contribution in [-0.4, -0.2) is 12.1 Å². The van der Waals surface area contributed by atoms with E-state index in [2.05, 4.69) is 95.9 Å². The summed E-state index contributed by atoms with van der Waals surface area (Å²) >= 11 is 7.91. The number of halogens is 3. The molecule has 4 rings (SSSR count). The topological polar surface area (TPSA) is 63.8 Å². The molecular formula is C23H15BrI2N2O3. The highest BCUT2D eigenvalue weighted by molar-refractivity contribution is 14.1. The summed E-state index contributed by atoms with van der Waals surface area (Å²) < 4.78 is 14.6. The highest BCUT2D eigenvalue weighted by Crippen LogP contribution is 2.24. The van der Waals surface area contributed by atoms with E-state index in [-0.39, 0.29) is 5.76 Å². The van der Waals surface area contributed by atoms with Crippen molar-refractivity contribution < 1.29 is 13.9 Å². The second kappa shape index (κ2) is 10.1. The summed E-state index contributed by atoms with van der Waals surface area (Å²) in [6.07, 6.45) is 1.59. The number of amides is 1. The van der Waals surface area contributed by atoms with Crippen LogP contribution >= 0.6 is 61.1 Å². The molecule has 1 aromatic heterocycles. The zero-order valence-corrected chi connectivity index (χ0v) is 21.8. The molecule has 0 radical (unpaired) electrons. The standard InChI is InChI=1S/C23H15BrI2N2O3/c24-17-4-8-20-16(10-17)11-22(31-20)23(29)28-27-12-15-3-7-21(19(26)9-15)30-13-14-1-5-18(25)6-2-14/h1-12H,13H2,(H,28,29)/b27-12+. The van der Waals surface area contributed by atoms with Gasteiger partial charge in [0.15, 0.2) is 5.76 Å². The summed E-state index contributed by atoms with van der Waals surface area (Å²) in [5.74, 6) is 0.601. The summed E-state index contributed by atoms with van der Waals surface area (Å²) in [4.78, 5) is 12.3. The number of nitrogens with zero attached hydrogens (tertiary/aromatic N) is 1. The minimum Gasteiger partial charge on any atom is -0.488 e. The maximum Gasteiger partial charge on any atom is 0.307 e. The van der Waals surface area contributed by atoms with Crippen molar-refractivity contribution in [1.82, 2.24) is 5.43 Å². The van der Waals surface area contributed by atoms with Crippen LogP contribution in [0.5, 0.6) is 5.75 Å². The van der Waals surface area contributed by atoms with Crippen LogP contribution < -0.4 is 10.2 Å². The van der Waals surface area contributed by atoms with Gasteiger partial charge in [0.25, 0.3) is 0 Å². The lowest BCUT2D eigenvalue weighted by Crippen LogP contribution is -2.16. The first-order valence-electron chi connectivity index (χ1n) is 9.17. The van der Waals surface area contributed by atoms with Gasteiger partial charge >= 0.3 is 5.91 Å². The summed E-state index contributed by atoms with van der Waals surface area (Å²) in [6.45, 7) is 0.504. The third-order valence-electron chi connectivity index (χ3n) is 4.35. The van der Waals surface area contributed by atoms with E-state index < -0.39 is 5.91 Å². The fourth-order valence-corrected chi connectivity index (χ4v) is 4.24. The predicted octanol–water partition coefficient (Wildman–Crippen LogP) is 6.75. The molecule has 31 heavy (non-hydrogen) atoms. The number of benzene rings is 3. The molecule has 0 aliphatic heterocycles. The molecule has 0 saturated carbocycles. The van der Waals surface area contributed by atoms with Crippen LogP contribution in [0.2, 0.25) is 0 Å². The number of carbonyl (C=O) groups is 1. The minimum absolute atomic E-state index is 0.208. The Hall–Kier alpha value is -1.92. The van der Waals surface area contributed by atoms with Gasteiger partial charge in [0.2, 0.25) is 0 Å². The zero-order chi connectivity index (χ0) is 21.8. The second-order valence-electron chi connectivity index (χ2n) is 6.60. The summed E-state index contributed by atoms with van der Waals surface area (Å²) in [6, 6.07) is 21.2. The molecule has 4 aromatic rings. The highest BCUT2D eigenvalue weighted by Gasteiger charge is 2.11. The Morgan fingerprint density at radius 1 is 1.06 bits per heavy atom. The zero-order valence-electron chi connectivity index (χ0n) is 15.9. The van der Waals surface area contributed by atoms with E-state index in [0.717, 1.165) is 30.3 Å².